The molecule has 3 nitrogen and oxygen atoms in total. The number of esters is 1. The van der Waals surface area contributed by atoms with Gasteiger partial charge in [-0.15, -0.1) is 0 Å². The molecule has 2 heterocycles. The summed E-state index contributed by atoms with van der Waals surface area (Å²) in [4.78, 5) is 12.0. The number of hydrogen-bond acceptors (Lipinski definition) is 2. The molecular weight excluding hydrogens is 286 g/mol. The minimum absolute atomic E-state index is 0.195. The van der Waals surface area contributed by atoms with Crippen LogP contribution in [0.1, 0.15) is 13.3 Å². The first-order valence-electron chi connectivity index (χ1n) is 7.79. The van der Waals surface area contributed by atoms with Gasteiger partial charge < -0.3 is 9.30 Å². The molecule has 0 spiro atoms. The van der Waals surface area contributed by atoms with E-state index in [4.69, 9.17) is 4.74 Å². The van der Waals surface area contributed by atoms with Gasteiger partial charge in [-0.25, -0.2) is 4.79 Å². The normalized spacial score (nSPS) is 16.7. The second-order valence-electron chi connectivity index (χ2n) is 5.74. The van der Waals surface area contributed by atoms with Crippen LogP contribution in [0.25, 0.3) is 27.9 Å². The first kappa shape index (κ1) is 13.8. The smallest absolute Gasteiger partial charge is 0.335 e. The summed E-state index contributed by atoms with van der Waals surface area (Å²) in [6.07, 6.45) is 0.672. The fourth-order valence-corrected chi connectivity index (χ4v) is 3.24. The Hall–Kier alpha value is -2.81. The summed E-state index contributed by atoms with van der Waals surface area (Å²) in [5, 5.41) is 1.16. The number of fused-ring (bicyclic) bond motifs is 1. The van der Waals surface area contributed by atoms with Gasteiger partial charge in [-0.1, -0.05) is 48.5 Å². The highest BCUT2D eigenvalue weighted by Gasteiger charge is 2.24. The Morgan fingerprint density at radius 2 is 1.78 bits per heavy atom. The van der Waals surface area contributed by atoms with Crippen LogP contribution in [0.15, 0.2) is 66.2 Å². The highest BCUT2D eigenvalue weighted by molar-refractivity contribution is 5.99. The van der Waals surface area contributed by atoms with Crippen molar-refractivity contribution in [1.82, 2.24) is 4.57 Å². The molecule has 23 heavy (non-hydrogen) atoms. The lowest BCUT2D eigenvalue weighted by molar-refractivity contribution is -0.135. The van der Waals surface area contributed by atoms with Gasteiger partial charge in [0.2, 0.25) is 0 Å². The Morgan fingerprint density at radius 3 is 2.52 bits per heavy atom. The van der Waals surface area contributed by atoms with Crippen molar-refractivity contribution in [2.24, 2.45) is 0 Å². The van der Waals surface area contributed by atoms with E-state index in [1.54, 1.807) is 0 Å². The molecule has 1 aromatic heterocycles. The molecular formula is C20H17NO2. The maximum absolute atomic E-state index is 12.0. The number of allylic oxidation sites excluding steroid dienone is 1. The zero-order valence-corrected chi connectivity index (χ0v) is 13.0. The van der Waals surface area contributed by atoms with E-state index in [9.17, 15) is 4.79 Å². The van der Waals surface area contributed by atoms with E-state index in [-0.39, 0.29) is 5.97 Å². The fraction of sp³-hybridized carbons (Fsp3) is 0.150. The molecule has 4 rings (SSSR count). The minimum Gasteiger partial charge on any atom is -0.462 e. The Morgan fingerprint density at radius 1 is 1.04 bits per heavy atom. The minimum atomic E-state index is -0.195. The van der Waals surface area contributed by atoms with E-state index in [1.165, 1.54) is 0 Å². The monoisotopic (exact) mass is 303 g/mol. The lowest BCUT2D eigenvalue weighted by Crippen LogP contribution is -2.04. The molecule has 3 heteroatoms. The molecule has 1 fully saturated rings. The summed E-state index contributed by atoms with van der Waals surface area (Å²) in [6.45, 7) is 2.48. The summed E-state index contributed by atoms with van der Waals surface area (Å²) in [5.74, 6) is -0.195. The molecule has 114 valence electrons. The number of nitrogens with zero attached hydrogens (tertiary/aromatic N) is 1. The van der Waals surface area contributed by atoms with Crippen molar-refractivity contribution < 1.29 is 9.53 Å². The van der Waals surface area contributed by atoms with E-state index < -0.39 is 0 Å². The van der Waals surface area contributed by atoms with Crippen molar-refractivity contribution >= 4 is 22.6 Å². The van der Waals surface area contributed by atoms with E-state index >= 15 is 0 Å². The molecule has 1 aliphatic rings. The number of hydrogen-bond donors (Lipinski definition) is 0. The maximum Gasteiger partial charge on any atom is 0.335 e. The van der Waals surface area contributed by atoms with Gasteiger partial charge in [0.15, 0.2) is 0 Å². The number of carbonyl (C=O) groups excluding carboxylic acids is 1. The first-order valence-corrected chi connectivity index (χ1v) is 7.79. The van der Waals surface area contributed by atoms with Crippen LogP contribution in [0.4, 0.5) is 0 Å². The van der Waals surface area contributed by atoms with E-state index in [2.05, 4.69) is 34.9 Å². The molecule has 0 amide bonds. The number of cyclic esters (lactones) is 1. The van der Waals surface area contributed by atoms with Crippen molar-refractivity contribution in [3.63, 3.8) is 0 Å². The zero-order chi connectivity index (χ0) is 15.8. The average molecular weight is 303 g/mol. The highest BCUT2D eigenvalue weighted by Crippen LogP contribution is 2.33. The van der Waals surface area contributed by atoms with Crippen LogP contribution in [0, 0.1) is 0 Å². The maximum atomic E-state index is 12.0. The zero-order valence-electron chi connectivity index (χ0n) is 13.0. The van der Waals surface area contributed by atoms with E-state index in [1.807, 2.05) is 37.3 Å². The van der Waals surface area contributed by atoms with Crippen LogP contribution in [-0.4, -0.2) is 17.1 Å². The van der Waals surface area contributed by atoms with Gasteiger partial charge in [-0.05, 0) is 24.6 Å². The number of rotatable bonds is 2. The van der Waals surface area contributed by atoms with Crippen LogP contribution in [0.2, 0.25) is 0 Å². The molecule has 1 aliphatic heterocycles. The predicted molar refractivity (Wildman–Crippen MR) is 91.8 cm³/mol. The molecule has 0 radical (unpaired) electrons. The Balaban J connectivity index is 2.03. The standard InChI is InChI=1S/C20H17NO2/c1-14(17-11-12-23-20(17)22)21-18-10-6-5-9-16(18)13-19(21)15-7-3-2-4-8-15/h2-10,13H,11-12H2,1H3/b17-14+. The summed E-state index contributed by atoms with van der Waals surface area (Å²) >= 11 is 0. The summed E-state index contributed by atoms with van der Waals surface area (Å²) in [7, 11) is 0. The fourth-order valence-electron chi connectivity index (χ4n) is 3.24. The molecule has 1 saturated heterocycles. The van der Waals surface area contributed by atoms with Crippen molar-refractivity contribution in [3.05, 3.63) is 66.2 Å². The Labute approximate surface area is 134 Å². The lowest BCUT2D eigenvalue weighted by Gasteiger charge is -2.13. The third-order valence-corrected chi connectivity index (χ3v) is 4.38. The van der Waals surface area contributed by atoms with Crippen LogP contribution >= 0.6 is 0 Å². The van der Waals surface area contributed by atoms with Gasteiger partial charge in [-0.3, -0.25) is 0 Å². The highest BCUT2D eigenvalue weighted by atomic mass is 16.5. The molecule has 0 aliphatic carbocycles. The second-order valence-corrected chi connectivity index (χ2v) is 5.74. The van der Waals surface area contributed by atoms with Crippen LogP contribution in [0.3, 0.4) is 0 Å². The predicted octanol–water partition coefficient (Wildman–Crippen LogP) is 4.49. The summed E-state index contributed by atoms with van der Waals surface area (Å²) < 4.78 is 7.31. The lowest BCUT2D eigenvalue weighted by atomic mass is 10.1. The van der Waals surface area contributed by atoms with Gasteiger partial charge in [0.05, 0.1) is 23.4 Å². The Bertz CT molecular complexity index is 919. The molecule has 0 saturated carbocycles. The first-order chi connectivity index (χ1) is 11.3. The molecule has 2 aromatic carbocycles. The van der Waals surface area contributed by atoms with E-state index in [0.29, 0.717) is 13.0 Å². The largest absolute Gasteiger partial charge is 0.462 e. The van der Waals surface area contributed by atoms with Gasteiger partial charge in [-0.2, -0.15) is 0 Å². The number of ether oxygens (including phenoxy) is 1. The van der Waals surface area contributed by atoms with Crippen LogP contribution < -0.4 is 0 Å². The van der Waals surface area contributed by atoms with Crippen LogP contribution in [-0.2, 0) is 9.53 Å². The van der Waals surface area contributed by atoms with Crippen molar-refractivity contribution in [2.75, 3.05) is 6.61 Å². The molecule has 0 unspecified atom stereocenters. The number of para-hydroxylation sites is 1. The van der Waals surface area contributed by atoms with E-state index in [0.717, 1.165) is 33.4 Å². The summed E-state index contributed by atoms with van der Waals surface area (Å²) in [6, 6.07) is 20.7. The Kier molecular flexibility index (Phi) is 3.27. The van der Waals surface area contributed by atoms with Gasteiger partial charge in [0.1, 0.15) is 0 Å². The topological polar surface area (TPSA) is 31.2 Å². The van der Waals surface area contributed by atoms with Gasteiger partial charge >= 0.3 is 5.97 Å². The third-order valence-electron chi connectivity index (χ3n) is 4.38. The van der Waals surface area contributed by atoms with Gasteiger partial charge in [0.25, 0.3) is 0 Å². The van der Waals surface area contributed by atoms with Crippen molar-refractivity contribution in [2.45, 2.75) is 13.3 Å². The molecule has 0 N–H and O–H groups in total. The number of aromatic nitrogens is 1. The quantitative estimate of drug-likeness (QED) is 0.516. The van der Waals surface area contributed by atoms with Crippen LogP contribution in [0.5, 0.6) is 0 Å². The molecule has 0 bridgehead atoms. The SMILES string of the molecule is C/C(=C1/CCOC1=O)n1c(-c2ccccc2)cc2ccccc21. The number of benzene rings is 2. The average Bonchev–Trinajstić information content (AvgIpc) is 3.18. The van der Waals surface area contributed by atoms with Crippen molar-refractivity contribution in [3.8, 4) is 11.3 Å². The third kappa shape index (κ3) is 2.25. The summed E-state index contributed by atoms with van der Waals surface area (Å²) in [5.41, 5.74) is 5.05. The van der Waals surface area contributed by atoms with Crippen molar-refractivity contribution in [1.29, 1.82) is 0 Å². The second kappa shape index (κ2) is 5.43. The molecule has 0 atom stereocenters. The van der Waals surface area contributed by atoms with Gasteiger partial charge in [0, 0.05) is 17.5 Å². The number of carbonyl (C=O) groups is 1. The molecule has 3 aromatic rings.